The zero-order valence-electron chi connectivity index (χ0n) is 15.7. The Labute approximate surface area is 159 Å². The summed E-state index contributed by atoms with van der Waals surface area (Å²) in [6, 6.07) is 13.5. The number of nitrogens with one attached hydrogen (secondary N) is 1. The van der Waals surface area contributed by atoms with Crippen molar-refractivity contribution < 1.29 is 9.53 Å². The van der Waals surface area contributed by atoms with Crippen LogP contribution in [-0.2, 0) is 6.42 Å². The maximum absolute atomic E-state index is 12.4. The van der Waals surface area contributed by atoms with E-state index < -0.39 is 0 Å². The van der Waals surface area contributed by atoms with Gasteiger partial charge in [-0.3, -0.25) is 4.79 Å². The molecule has 0 aliphatic heterocycles. The number of aryl methyl sites for hydroxylation is 2. The zero-order valence-corrected chi connectivity index (χ0v) is 15.7. The molecule has 0 atom stereocenters. The van der Waals surface area contributed by atoms with Crippen molar-refractivity contribution >= 4 is 5.91 Å². The predicted octanol–water partition coefficient (Wildman–Crippen LogP) is 3.34. The van der Waals surface area contributed by atoms with Gasteiger partial charge in [0, 0.05) is 18.9 Å². The van der Waals surface area contributed by atoms with Crippen LogP contribution in [0.3, 0.4) is 0 Å². The molecule has 0 radical (unpaired) electrons. The number of carbonyl (C=O) groups is 1. The number of aromatic nitrogens is 3. The van der Waals surface area contributed by atoms with Gasteiger partial charge in [-0.15, -0.1) is 0 Å². The molecule has 0 spiro atoms. The van der Waals surface area contributed by atoms with Crippen LogP contribution in [0.25, 0.3) is 5.69 Å². The molecule has 0 aliphatic rings. The molecule has 140 valence electrons. The Morgan fingerprint density at radius 3 is 2.78 bits per heavy atom. The van der Waals surface area contributed by atoms with Crippen molar-refractivity contribution in [1.29, 1.82) is 0 Å². The first-order chi connectivity index (χ1) is 13.2. The fraction of sp³-hybridized carbons (Fsp3) is 0.286. The van der Waals surface area contributed by atoms with Gasteiger partial charge in [0.1, 0.15) is 5.56 Å². The van der Waals surface area contributed by atoms with E-state index in [2.05, 4.69) is 21.6 Å². The Hall–Kier alpha value is -3.15. The van der Waals surface area contributed by atoms with E-state index in [0.29, 0.717) is 24.6 Å². The molecule has 3 rings (SSSR count). The molecule has 6 nitrogen and oxygen atoms in total. The van der Waals surface area contributed by atoms with Crippen LogP contribution >= 0.6 is 0 Å². The van der Waals surface area contributed by atoms with Gasteiger partial charge < -0.3 is 10.1 Å². The number of nitrogens with zero attached hydrogens (tertiary/aromatic N) is 3. The van der Waals surface area contributed by atoms with Gasteiger partial charge >= 0.3 is 0 Å². The summed E-state index contributed by atoms with van der Waals surface area (Å²) >= 11 is 0. The number of rotatable bonds is 8. The second kappa shape index (κ2) is 8.98. The van der Waals surface area contributed by atoms with Crippen LogP contribution in [0.4, 0.5) is 0 Å². The molecular weight excluding hydrogens is 340 g/mol. The predicted molar refractivity (Wildman–Crippen MR) is 104 cm³/mol. The van der Waals surface area contributed by atoms with Crippen LogP contribution in [-0.4, -0.2) is 33.8 Å². The summed E-state index contributed by atoms with van der Waals surface area (Å²) in [6.07, 6.45) is 5.36. The minimum absolute atomic E-state index is 0.164. The lowest BCUT2D eigenvalue weighted by Crippen LogP contribution is -2.25. The lowest BCUT2D eigenvalue weighted by Gasteiger charge is -2.09. The molecule has 27 heavy (non-hydrogen) atoms. The molecule has 1 N–H and O–H groups in total. The van der Waals surface area contributed by atoms with Crippen molar-refractivity contribution in [3.8, 4) is 11.6 Å². The summed E-state index contributed by atoms with van der Waals surface area (Å²) in [6.45, 7) is 4.93. The third-order valence-corrected chi connectivity index (χ3v) is 4.23. The number of benzene rings is 1. The maximum Gasteiger partial charge on any atom is 0.256 e. The molecule has 3 aromatic rings. The molecule has 1 aromatic carbocycles. The van der Waals surface area contributed by atoms with Crippen LogP contribution in [0.2, 0.25) is 0 Å². The molecule has 2 heterocycles. The normalized spacial score (nSPS) is 10.6. The quantitative estimate of drug-likeness (QED) is 0.623. The second-order valence-corrected chi connectivity index (χ2v) is 6.17. The molecule has 2 aromatic heterocycles. The highest BCUT2D eigenvalue weighted by Crippen LogP contribution is 2.15. The summed E-state index contributed by atoms with van der Waals surface area (Å²) < 4.78 is 7.31. The molecule has 0 aliphatic carbocycles. The molecule has 0 bridgehead atoms. The SMILES string of the molecule is CCOc1ncccc1C(=O)NCCCc1cn(-c2ccccc2)nc1C. The Morgan fingerprint density at radius 2 is 2.00 bits per heavy atom. The van der Waals surface area contributed by atoms with Crippen molar-refractivity contribution in [2.45, 2.75) is 26.7 Å². The van der Waals surface area contributed by atoms with Gasteiger partial charge in [-0.05, 0) is 56.5 Å². The lowest BCUT2D eigenvalue weighted by atomic mass is 10.1. The van der Waals surface area contributed by atoms with Crippen molar-refractivity contribution in [2.24, 2.45) is 0 Å². The summed E-state index contributed by atoms with van der Waals surface area (Å²) in [5.74, 6) is 0.209. The van der Waals surface area contributed by atoms with E-state index in [1.165, 1.54) is 5.56 Å². The Kier molecular flexibility index (Phi) is 6.20. The summed E-state index contributed by atoms with van der Waals surface area (Å²) in [5.41, 5.74) is 3.70. The highest BCUT2D eigenvalue weighted by Gasteiger charge is 2.13. The number of hydrogen-bond acceptors (Lipinski definition) is 4. The van der Waals surface area contributed by atoms with Gasteiger partial charge in [-0.25, -0.2) is 9.67 Å². The van der Waals surface area contributed by atoms with Crippen molar-refractivity contribution in [2.75, 3.05) is 13.2 Å². The monoisotopic (exact) mass is 364 g/mol. The Bertz CT molecular complexity index is 890. The molecule has 0 saturated carbocycles. The van der Waals surface area contributed by atoms with E-state index in [1.54, 1.807) is 18.3 Å². The van der Waals surface area contributed by atoms with Crippen molar-refractivity contribution in [1.82, 2.24) is 20.1 Å². The molecule has 1 amide bonds. The summed E-state index contributed by atoms with van der Waals surface area (Å²) in [4.78, 5) is 16.5. The van der Waals surface area contributed by atoms with Crippen LogP contribution in [0.1, 0.15) is 35.0 Å². The number of pyridine rings is 1. The highest BCUT2D eigenvalue weighted by molar-refractivity contribution is 5.96. The topological polar surface area (TPSA) is 69.0 Å². The number of ether oxygens (including phenoxy) is 1. The minimum atomic E-state index is -0.164. The fourth-order valence-corrected chi connectivity index (χ4v) is 2.85. The first kappa shape index (κ1) is 18.6. The van der Waals surface area contributed by atoms with Crippen molar-refractivity contribution in [3.05, 3.63) is 71.7 Å². The fourth-order valence-electron chi connectivity index (χ4n) is 2.85. The summed E-state index contributed by atoms with van der Waals surface area (Å²) in [5, 5.41) is 7.52. The molecule has 0 unspecified atom stereocenters. The van der Waals surface area contributed by atoms with E-state index in [-0.39, 0.29) is 5.91 Å². The number of carbonyl (C=O) groups excluding carboxylic acids is 1. The Morgan fingerprint density at radius 1 is 1.19 bits per heavy atom. The first-order valence-corrected chi connectivity index (χ1v) is 9.15. The lowest BCUT2D eigenvalue weighted by molar-refractivity contribution is 0.0948. The smallest absolute Gasteiger partial charge is 0.256 e. The number of hydrogen-bond donors (Lipinski definition) is 1. The van der Waals surface area contributed by atoms with E-state index in [9.17, 15) is 4.79 Å². The standard InChI is InChI=1S/C21H24N4O2/c1-3-27-21-19(12-8-14-23-21)20(26)22-13-7-9-17-15-25(24-16(17)2)18-10-5-4-6-11-18/h4-6,8,10-12,14-15H,3,7,9,13H2,1-2H3,(H,22,26). The molecule has 0 saturated heterocycles. The van der Waals surface area contributed by atoms with Gasteiger partial charge in [0.15, 0.2) is 0 Å². The van der Waals surface area contributed by atoms with Crippen molar-refractivity contribution in [3.63, 3.8) is 0 Å². The van der Waals surface area contributed by atoms with E-state index in [0.717, 1.165) is 24.2 Å². The third kappa shape index (κ3) is 4.73. The van der Waals surface area contributed by atoms with Gasteiger partial charge in [0.25, 0.3) is 5.91 Å². The van der Waals surface area contributed by atoms with Gasteiger partial charge in [0.2, 0.25) is 5.88 Å². The molecule has 6 heteroatoms. The first-order valence-electron chi connectivity index (χ1n) is 9.15. The maximum atomic E-state index is 12.4. The van der Waals surface area contributed by atoms with Crippen LogP contribution in [0.15, 0.2) is 54.9 Å². The van der Waals surface area contributed by atoms with Crippen LogP contribution in [0, 0.1) is 6.92 Å². The minimum Gasteiger partial charge on any atom is -0.477 e. The zero-order chi connectivity index (χ0) is 19.1. The largest absolute Gasteiger partial charge is 0.477 e. The third-order valence-electron chi connectivity index (χ3n) is 4.23. The van der Waals surface area contributed by atoms with E-state index >= 15 is 0 Å². The van der Waals surface area contributed by atoms with E-state index in [1.807, 2.05) is 48.9 Å². The number of amides is 1. The second-order valence-electron chi connectivity index (χ2n) is 6.17. The summed E-state index contributed by atoms with van der Waals surface area (Å²) in [7, 11) is 0. The molecule has 0 fully saturated rings. The average Bonchev–Trinajstić information content (AvgIpc) is 3.07. The van der Waals surface area contributed by atoms with Gasteiger partial charge in [0.05, 0.1) is 18.0 Å². The number of para-hydroxylation sites is 1. The van der Waals surface area contributed by atoms with Crippen LogP contribution < -0.4 is 10.1 Å². The highest BCUT2D eigenvalue weighted by atomic mass is 16.5. The van der Waals surface area contributed by atoms with Crippen LogP contribution in [0.5, 0.6) is 5.88 Å². The van der Waals surface area contributed by atoms with Gasteiger partial charge in [-0.1, -0.05) is 18.2 Å². The van der Waals surface area contributed by atoms with E-state index in [4.69, 9.17) is 4.74 Å². The average molecular weight is 364 g/mol. The molecular formula is C21H24N4O2. The Balaban J connectivity index is 1.54. The van der Waals surface area contributed by atoms with Gasteiger partial charge in [-0.2, -0.15) is 5.10 Å².